The Balaban J connectivity index is 1.81. The number of carbonyl (C=O) groups is 1. The first-order valence-corrected chi connectivity index (χ1v) is 9.15. The van der Waals surface area contributed by atoms with E-state index in [1.807, 2.05) is 30.3 Å². The maximum absolute atomic E-state index is 13.1. The maximum Gasteiger partial charge on any atom is 0.257 e. The highest BCUT2D eigenvalue weighted by molar-refractivity contribution is 5.97. The lowest BCUT2D eigenvalue weighted by molar-refractivity contribution is 0.0416. The van der Waals surface area contributed by atoms with Crippen molar-refractivity contribution in [2.45, 2.75) is 18.4 Å². The molecule has 0 bridgehead atoms. The summed E-state index contributed by atoms with van der Waals surface area (Å²) in [5.74, 6) is 0.912. The van der Waals surface area contributed by atoms with Crippen LogP contribution in [0.3, 0.4) is 0 Å². The van der Waals surface area contributed by atoms with Gasteiger partial charge in [0.15, 0.2) is 0 Å². The number of nitrogens with zero attached hydrogens (tertiary/aromatic N) is 1. The highest BCUT2D eigenvalue weighted by atomic mass is 16.5. The van der Waals surface area contributed by atoms with Gasteiger partial charge in [-0.25, -0.2) is 0 Å². The Bertz CT molecular complexity index is 781. The van der Waals surface area contributed by atoms with Crippen molar-refractivity contribution < 1.29 is 19.4 Å². The van der Waals surface area contributed by atoms with Crippen molar-refractivity contribution in [2.24, 2.45) is 5.73 Å². The average Bonchev–Trinajstić information content (AvgIpc) is 3.12. The van der Waals surface area contributed by atoms with Gasteiger partial charge in [0.05, 0.1) is 25.8 Å². The summed E-state index contributed by atoms with van der Waals surface area (Å²) in [4.78, 5) is 14.8. The van der Waals surface area contributed by atoms with Gasteiger partial charge in [0, 0.05) is 6.54 Å². The SMILES string of the molecule is COc1ccc(OCCCN)c(C(=O)N2CC[C@@](O)(c3ccccc3)C2)c1. The maximum atomic E-state index is 13.1. The molecule has 1 amide bonds. The summed E-state index contributed by atoms with van der Waals surface area (Å²) in [6.45, 7) is 1.69. The molecule has 1 aliphatic heterocycles. The zero-order valence-electron chi connectivity index (χ0n) is 15.6. The number of benzene rings is 2. The summed E-state index contributed by atoms with van der Waals surface area (Å²) in [6.07, 6.45) is 1.20. The molecule has 1 fully saturated rings. The number of ether oxygens (including phenoxy) is 2. The summed E-state index contributed by atoms with van der Waals surface area (Å²) in [5.41, 5.74) is 5.74. The van der Waals surface area contributed by atoms with Crippen molar-refractivity contribution in [2.75, 3.05) is 33.4 Å². The second-order valence-electron chi connectivity index (χ2n) is 6.73. The van der Waals surface area contributed by atoms with E-state index in [0.29, 0.717) is 49.6 Å². The standard InChI is InChI=1S/C21H26N2O4/c1-26-17-8-9-19(27-13-5-11-22)18(14-17)20(24)23-12-10-21(25,15-23)16-6-3-2-4-7-16/h2-4,6-9,14,25H,5,10-13,15,22H2,1H3/t21-/m0/s1. The number of nitrogens with two attached hydrogens (primary N) is 1. The van der Waals surface area contributed by atoms with Gasteiger partial charge >= 0.3 is 0 Å². The van der Waals surface area contributed by atoms with Gasteiger partial charge in [-0.3, -0.25) is 4.79 Å². The van der Waals surface area contributed by atoms with E-state index in [1.54, 1.807) is 30.2 Å². The quantitative estimate of drug-likeness (QED) is 0.730. The summed E-state index contributed by atoms with van der Waals surface area (Å²) in [5, 5.41) is 11.0. The van der Waals surface area contributed by atoms with Crippen LogP contribution in [0.4, 0.5) is 0 Å². The van der Waals surface area contributed by atoms with E-state index in [9.17, 15) is 9.90 Å². The number of aliphatic hydroxyl groups is 1. The second-order valence-corrected chi connectivity index (χ2v) is 6.73. The number of β-amino-alcohol motifs (C(OH)–C–C–N with tert-alkyl or cyclic N) is 1. The van der Waals surface area contributed by atoms with Crippen molar-refractivity contribution in [3.8, 4) is 11.5 Å². The van der Waals surface area contributed by atoms with Gasteiger partial charge in [0.25, 0.3) is 5.91 Å². The molecule has 0 saturated carbocycles. The molecule has 1 saturated heterocycles. The molecule has 3 N–H and O–H groups in total. The molecule has 1 aliphatic rings. The molecule has 2 aromatic rings. The van der Waals surface area contributed by atoms with E-state index in [4.69, 9.17) is 15.2 Å². The van der Waals surface area contributed by atoms with Crippen LogP contribution in [-0.2, 0) is 5.60 Å². The van der Waals surface area contributed by atoms with Crippen molar-refractivity contribution in [1.82, 2.24) is 4.90 Å². The third-order valence-corrected chi connectivity index (χ3v) is 4.87. The van der Waals surface area contributed by atoms with Crippen molar-refractivity contribution >= 4 is 5.91 Å². The van der Waals surface area contributed by atoms with Gasteiger partial charge in [-0.1, -0.05) is 30.3 Å². The highest BCUT2D eigenvalue weighted by Crippen LogP contribution is 2.34. The Labute approximate surface area is 159 Å². The Kier molecular flexibility index (Phi) is 5.98. The van der Waals surface area contributed by atoms with E-state index < -0.39 is 5.60 Å². The van der Waals surface area contributed by atoms with Gasteiger partial charge < -0.3 is 25.2 Å². The summed E-state index contributed by atoms with van der Waals surface area (Å²) < 4.78 is 11.0. The smallest absolute Gasteiger partial charge is 0.257 e. The molecule has 0 aliphatic carbocycles. The normalized spacial score (nSPS) is 19.1. The summed E-state index contributed by atoms with van der Waals surface area (Å²) in [7, 11) is 1.56. The lowest BCUT2D eigenvalue weighted by Gasteiger charge is -2.24. The molecule has 3 rings (SSSR count). The van der Waals surface area contributed by atoms with Crippen molar-refractivity contribution in [3.05, 3.63) is 59.7 Å². The Hall–Kier alpha value is -2.57. The van der Waals surface area contributed by atoms with E-state index in [1.165, 1.54) is 0 Å². The van der Waals surface area contributed by atoms with Gasteiger partial charge in [-0.05, 0) is 43.1 Å². The average molecular weight is 370 g/mol. The van der Waals surface area contributed by atoms with Crippen LogP contribution in [0.25, 0.3) is 0 Å². The van der Waals surface area contributed by atoms with Gasteiger partial charge in [0.2, 0.25) is 0 Å². The minimum atomic E-state index is -1.03. The van der Waals surface area contributed by atoms with Crippen molar-refractivity contribution in [3.63, 3.8) is 0 Å². The lowest BCUT2D eigenvalue weighted by atomic mass is 9.93. The highest BCUT2D eigenvalue weighted by Gasteiger charge is 2.40. The molecule has 0 radical (unpaired) electrons. The van der Waals surface area contributed by atoms with E-state index in [2.05, 4.69) is 0 Å². The van der Waals surface area contributed by atoms with Crippen LogP contribution in [-0.4, -0.2) is 49.3 Å². The molecule has 0 spiro atoms. The molecule has 27 heavy (non-hydrogen) atoms. The van der Waals surface area contributed by atoms with Crippen LogP contribution in [0, 0.1) is 0 Å². The molecule has 6 heteroatoms. The van der Waals surface area contributed by atoms with Crippen LogP contribution in [0.5, 0.6) is 11.5 Å². The first-order chi connectivity index (χ1) is 13.1. The summed E-state index contributed by atoms with van der Waals surface area (Å²) >= 11 is 0. The van der Waals surface area contributed by atoms with Crippen LogP contribution in [0.15, 0.2) is 48.5 Å². The number of rotatable bonds is 7. The fourth-order valence-corrected chi connectivity index (χ4v) is 3.32. The van der Waals surface area contributed by atoms with E-state index in [-0.39, 0.29) is 12.5 Å². The van der Waals surface area contributed by atoms with Gasteiger partial charge in [-0.2, -0.15) is 0 Å². The topological polar surface area (TPSA) is 85.0 Å². The minimum Gasteiger partial charge on any atom is -0.497 e. The number of hydrogen-bond donors (Lipinski definition) is 2. The Morgan fingerprint density at radius 3 is 2.74 bits per heavy atom. The Morgan fingerprint density at radius 2 is 2.04 bits per heavy atom. The molecule has 2 aromatic carbocycles. The predicted molar refractivity (Wildman–Crippen MR) is 103 cm³/mol. The summed E-state index contributed by atoms with van der Waals surface area (Å²) in [6, 6.07) is 14.7. The molecule has 0 aromatic heterocycles. The van der Waals surface area contributed by atoms with Gasteiger partial charge in [0.1, 0.15) is 17.1 Å². The van der Waals surface area contributed by atoms with Crippen LogP contribution < -0.4 is 15.2 Å². The number of hydrogen-bond acceptors (Lipinski definition) is 5. The molecular weight excluding hydrogens is 344 g/mol. The zero-order chi connectivity index (χ0) is 19.3. The largest absolute Gasteiger partial charge is 0.497 e. The third-order valence-electron chi connectivity index (χ3n) is 4.87. The second kappa shape index (κ2) is 8.41. The molecular formula is C21H26N2O4. The van der Waals surface area contributed by atoms with Crippen LogP contribution in [0.1, 0.15) is 28.8 Å². The minimum absolute atomic E-state index is 0.177. The molecule has 1 atom stereocenters. The molecule has 1 heterocycles. The zero-order valence-corrected chi connectivity index (χ0v) is 15.6. The number of likely N-dealkylation sites (tertiary alicyclic amines) is 1. The molecule has 6 nitrogen and oxygen atoms in total. The first-order valence-electron chi connectivity index (χ1n) is 9.15. The van der Waals surface area contributed by atoms with Crippen molar-refractivity contribution in [1.29, 1.82) is 0 Å². The van der Waals surface area contributed by atoms with Crippen LogP contribution >= 0.6 is 0 Å². The Morgan fingerprint density at radius 1 is 1.26 bits per heavy atom. The monoisotopic (exact) mass is 370 g/mol. The lowest BCUT2D eigenvalue weighted by Crippen LogP contribution is -2.34. The fourth-order valence-electron chi connectivity index (χ4n) is 3.32. The third kappa shape index (κ3) is 4.23. The van der Waals surface area contributed by atoms with Gasteiger partial charge in [-0.15, -0.1) is 0 Å². The predicted octanol–water partition coefficient (Wildman–Crippen LogP) is 2.16. The van der Waals surface area contributed by atoms with E-state index in [0.717, 1.165) is 5.56 Å². The van der Waals surface area contributed by atoms with Crippen LogP contribution in [0.2, 0.25) is 0 Å². The number of carbonyl (C=O) groups excluding carboxylic acids is 1. The number of methoxy groups -OCH3 is 1. The molecule has 144 valence electrons. The van der Waals surface area contributed by atoms with E-state index >= 15 is 0 Å². The fraction of sp³-hybridized carbons (Fsp3) is 0.381. The number of amides is 1. The first kappa shape index (κ1) is 19.2. The molecule has 0 unspecified atom stereocenters.